The Labute approximate surface area is 207 Å². The Balaban J connectivity index is 1.56. The van der Waals surface area contributed by atoms with E-state index in [4.69, 9.17) is 4.74 Å². The lowest BCUT2D eigenvalue weighted by molar-refractivity contribution is 0.102. The SMILES string of the molecule is Cn1cccc(C(=O)Nc2cc(S(C)(=O)=O)ccc2N2CCC(Oc3ccc(F)cc3F)CC2)c1=O. The van der Waals surface area contributed by atoms with Crippen molar-refractivity contribution >= 4 is 27.1 Å². The quantitative estimate of drug-likeness (QED) is 0.539. The van der Waals surface area contributed by atoms with Crippen LogP contribution >= 0.6 is 0 Å². The summed E-state index contributed by atoms with van der Waals surface area (Å²) in [6.07, 6.45) is 3.31. The summed E-state index contributed by atoms with van der Waals surface area (Å²) in [5.74, 6) is -2.14. The van der Waals surface area contributed by atoms with Crippen molar-refractivity contribution in [3.8, 4) is 5.75 Å². The van der Waals surface area contributed by atoms with Crippen LogP contribution in [0.4, 0.5) is 20.2 Å². The summed E-state index contributed by atoms with van der Waals surface area (Å²) < 4.78 is 58.4. The second-order valence-electron chi connectivity index (χ2n) is 8.62. The van der Waals surface area contributed by atoms with E-state index in [1.807, 2.05) is 4.90 Å². The fraction of sp³-hybridized carbons (Fsp3) is 0.280. The Morgan fingerprint density at radius 1 is 1.08 bits per heavy atom. The third-order valence-electron chi connectivity index (χ3n) is 5.98. The van der Waals surface area contributed by atoms with Crippen molar-refractivity contribution in [2.45, 2.75) is 23.8 Å². The number of nitrogens with zero attached hydrogens (tertiary/aromatic N) is 2. The molecule has 1 aliphatic rings. The molecule has 1 saturated heterocycles. The van der Waals surface area contributed by atoms with Gasteiger partial charge in [0.25, 0.3) is 11.5 Å². The van der Waals surface area contributed by atoms with Gasteiger partial charge < -0.3 is 19.5 Å². The molecule has 190 valence electrons. The maximum atomic E-state index is 14.0. The Morgan fingerprint density at radius 3 is 2.47 bits per heavy atom. The number of aromatic nitrogens is 1. The Hall–Kier alpha value is -3.73. The van der Waals surface area contributed by atoms with Crippen LogP contribution in [0.15, 0.2) is 64.4 Å². The van der Waals surface area contributed by atoms with Gasteiger partial charge >= 0.3 is 0 Å². The number of carbonyl (C=O) groups is 1. The number of piperidine rings is 1. The van der Waals surface area contributed by atoms with Crippen LogP contribution in [-0.2, 0) is 16.9 Å². The zero-order chi connectivity index (χ0) is 26.0. The summed E-state index contributed by atoms with van der Waals surface area (Å²) in [6, 6.07) is 10.5. The lowest BCUT2D eigenvalue weighted by Crippen LogP contribution is -2.39. The van der Waals surface area contributed by atoms with E-state index in [1.54, 1.807) is 12.1 Å². The monoisotopic (exact) mass is 517 g/mol. The van der Waals surface area contributed by atoms with Crippen molar-refractivity contribution in [3.63, 3.8) is 0 Å². The van der Waals surface area contributed by atoms with Crippen LogP contribution in [-0.4, -0.2) is 44.3 Å². The molecule has 0 spiro atoms. The number of anilines is 2. The van der Waals surface area contributed by atoms with E-state index < -0.39 is 32.9 Å². The van der Waals surface area contributed by atoms with Crippen LogP contribution < -0.4 is 20.5 Å². The molecule has 11 heteroatoms. The molecule has 0 atom stereocenters. The van der Waals surface area contributed by atoms with Crippen molar-refractivity contribution in [3.05, 3.63) is 82.3 Å². The first-order valence-electron chi connectivity index (χ1n) is 11.2. The Kier molecular flexibility index (Phi) is 7.11. The van der Waals surface area contributed by atoms with Gasteiger partial charge in [-0.25, -0.2) is 17.2 Å². The van der Waals surface area contributed by atoms with Gasteiger partial charge in [-0.05, 0) is 42.5 Å². The molecule has 2 heterocycles. The molecule has 0 radical (unpaired) electrons. The molecule has 1 amide bonds. The lowest BCUT2D eigenvalue weighted by Gasteiger charge is -2.35. The second-order valence-corrected chi connectivity index (χ2v) is 10.6. The Bertz CT molecular complexity index is 1460. The van der Waals surface area contributed by atoms with Crippen LogP contribution in [0.1, 0.15) is 23.2 Å². The molecule has 0 aliphatic carbocycles. The molecule has 1 fully saturated rings. The molecular weight excluding hydrogens is 492 g/mol. The first-order valence-corrected chi connectivity index (χ1v) is 13.1. The zero-order valence-electron chi connectivity index (χ0n) is 19.7. The summed E-state index contributed by atoms with van der Waals surface area (Å²) in [4.78, 5) is 27.3. The standard InChI is InChI=1S/C25H25F2N3O5S/c1-29-11-3-4-19(25(29)32)24(31)28-21-15-18(36(2,33)34)6-7-22(21)30-12-9-17(10-13-30)35-23-8-5-16(26)14-20(23)27/h3-8,11,14-15,17H,9-10,12-13H2,1-2H3,(H,28,31). The number of hydrogen-bond donors (Lipinski definition) is 1. The summed E-state index contributed by atoms with van der Waals surface area (Å²) in [7, 11) is -2.03. The van der Waals surface area contributed by atoms with Gasteiger partial charge in [0.2, 0.25) is 0 Å². The van der Waals surface area contributed by atoms with E-state index >= 15 is 0 Å². The second kappa shape index (κ2) is 10.1. The molecule has 0 unspecified atom stereocenters. The summed E-state index contributed by atoms with van der Waals surface area (Å²) in [5.41, 5.74) is 0.263. The van der Waals surface area contributed by atoms with Gasteiger partial charge in [-0.2, -0.15) is 0 Å². The molecule has 8 nitrogen and oxygen atoms in total. The Morgan fingerprint density at radius 2 is 1.81 bits per heavy atom. The van der Waals surface area contributed by atoms with E-state index in [0.717, 1.165) is 18.4 Å². The molecule has 0 bridgehead atoms. The largest absolute Gasteiger partial charge is 0.487 e. The number of nitrogens with one attached hydrogen (secondary N) is 1. The number of hydrogen-bond acceptors (Lipinski definition) is 6. The molecule has 3 aromatic rings. The zero-order valence-corrected chi connectivity index (χ0v) is 20.5. The molecule has 2 aromatic carbocycles. The third-order valence-corrected chi connectivity index (χ3v) is 7.09. The van der Waals surface area contributed by atoms with Crippen molar-refractivity contribution in [1.82, 2.24) is 4.57 Å². The highest BCUT2D eigenvalue weighted by Crippen LogP contribution is 2.32. The normalized spacial score (nSPS) is 14.5. The van der Waals surface area contributed by atoms with Crippen LogP contribution in [0.3, 0.4) is 0 Å². The first-order chi connectivity index (χ1) is 17.0. The highest BCUT2D eigenvalue weighted by atomic mass is 32.2. The van der Waals surface area contributed by atoms with Gasteiger partial charge in [0, 0.05) is 51.5 Å². The number of carbonyl (C=O) groups excluding carboxylic acids is 1. The van der Waals surface area contributed by atoms with Gasteiger partial charge in [-0.1, -0.05) is 0 Å². The maximum absolute atomic E-state index is 14.0. The molecule has 4 rings (SSSR count). The minimum absolute atomic E-state index is 0.0209. The number of sulfone groups is 1. The number of rotatable bonds is 6. The van der Waals surface area contributed by atoms with Gasteiger partial charge in [-0.3, -0.25) is 9.59 Å². The number of aryl methyl sites for hydroxylation is 1. The average Bonchev–Trinajstić information content (AvgIpc) is 2.82. The third kappa shape index (κ3) is 5.56. The molecule has 0 saturated carbocycles. The number of amides is 1. The summed E-state index contributed by atoms with van der Waals surface area (Å²) in [5, 5.41) is 2.69. The average molecular weight is 518 g/mol. The van der Waals surface area contributed by atoms with Crippen LogP contribution in [0.5, 0.6) is 5.75 Å². The van der Waals surface area contributed by atoms with E-state index in [-0.39, 0.29) is 28.0 Å². The van der Waals surface area contributed by atoms with Crippen molar-refractivity contribution in [1.29, 1.82) is 0 Å². The first kappa shape index (κ1) is 25.4. The minimum atomic E-state index is -3.56. The predicted molar refractivity (Wildman–Crippen MR) is 131 cm³/mol. The van der Waals surface area contributed by atoms with E-state index in [0.29, 0.717) is 31.6 Å². The summed E-state index contributed by atoms with van der Waals surface area (Å²) in [6.45, 7) is 0.948. The fourth-order valence-corrected chi connectivity index (χ4v) is 4.69. The van der Waals surface area contributed by atoms with Crippen LogP contribution in [0.2, 0.25) is 0 Å². The predicted octanol–water partition coefficient (Wildman–Crippen LogP) is 3.37. The van der Waals surface area contributed by atoms with E-state index in [2.05, 4.69) is 5.32 Å². The van der Waals surface area contributed by atoms with Crippen LogP contribution in [0.25, 0.3) is 0 Å². The van der Waals surface area contributed by atoms with Gasteiger partial charge in [-0.15, -0.1) is 0 Å². The van der Waals surface area contributed by atoms with Crippen molar-refractivity contribution < 1.29 is 26.7 Å². The van der Waals surface area contributed by atoms with E-state index in [9.17, 15) is 26.8 Å². The number of benzene rings is 2. The molecule has 1 aromatic heterocycles. The number of halogens is 2. The van der Waals surface area contributed by atoms with Crippen molar-refractivity contribution in [2.75, 3.05) is 29.6 Å². The maximum Gasteiger partial charge on any atom is 0.263 e. The molecule has 1 aliphatic heterocycles. The highest BCUT2D eigenvalue weighted by Gasteiger charge is 2.25. The van der Waals surface area contributed by atoms with Gasteiger partial charge in [0.15, 0.2) is 21.4 Å². The fourth-order valence-electron chi connectivity index (χ4n) is 4.05. The van der Waals surface area contributed by atoms with Crippen molar-refractivity contribution in [2.24, 2.45) is 7.05 Å². The van der Waals surface area contributed by atoms with Gasteiger partial charge in [0.05, 0.1) is 16.3 Å². The highest BCUT2D eigenvalue weighted by molar-refractivity contribution is 7.90. The topological polar surface area (TPSA) is 97.7 Å². The van der Waals surface area contributed by atoms with E-state index in [1.165, 1.54) is 42.1 Å². The minimum Gasteiger partial charge on any atom is -0.487 e. The number of ether oxygens (including phenoxy) is 1. The van der Waals surface area contributed by atoms with Gasteiger partial charge in [0.1, 0.15) is 17.5 Å². The molecule has 1 N–H and O–H groups in total. The smallest absolute Gasteiger partial charge is 0.263 e. The summed E-state index contributed by atoms with van der Waals surface area (Å²) >= 11 is 0. The molecule has 36 heavy (non-hydrogen) atoms. The lowest BCUT2D eigenvalue weighted by atomic mass is 10.1. The van der Waals surface area contributed by atoms with Crippen LogP contribution in [0, 0.1) is 11.6 Å². The molecular formula is C25H25F2N3O5S. The number of pyridine rings is 1.